The van der Waals surface area contributed by atoms with Crippen molar-refractivity contribution in [2.24, 2.45) is 5.73 Å². The summed E-state index contributed by atoms with van der Waals surface area (Å²) in [7, 11) is 1.60. The average molecular weight is 300 g/mol. The van der Waals surface area contributed by atoms with Gasteiger partial charge in [0.15, 0.2) is 5.78 Å². The highest BCUT2D eigenvalue weighted by Gasteiger charge is 2.16. The van der Waals surface area contributed by atoms with Crippen LogP contribution in [0.25, 0.3) is 0 Å². The highest BCUT2D eigenvalue weighted by molar-refractivity contribution is 9.10. The molecule has 0 atom stereocenters. The first-order valence-electron chi connectivity index (χ1n) is 5.62. The van der Waals surface area contributed by atoms with Crippen LogP contribution in [0, 0.1) is 0 Å². The molecule has 0 spiro atoms. The summed E-state index contributed by atoms with van der Waals surface area (Å²) >= 11 is 3.41. The number of nitrogens with two attached hydrogens (primary N) is 1. The van der Waals surface area contributed by atoms with Crippen molar-refractivity contribution in [3.8, 4) is 5.75 Å². The van der Waals surface area contributed by atoms with Crippen molar-refractivity contribution < 1.29 is 9.53 Å². The standard InChI is InChI=1S/C13H18BrNO2/c1-8(2)9-6-10(11(16)4-5-15)13(14)12(7-9)17-3/h6-8H,4-5,15H2,1-3H3. The van der Waals surface area contributed by atoms with Crippen LogP contribution in [0.1, 0.15) is 42.1 Å². The molecule has 0 aliphatic carbocycles. The van der Waals surface area contributed by atoms with E-state index in [1.54, 1.807) is 7.11 Å². The molecule has 0 amide bonds. The molecule has 0 aliphatic heterocycles. The van der Waals surface area contributed by atoms with Crippen molar-refractivity contribution in [2.45, 2.75) is 26.2 Å². The Morgan fingerprint density at radius 2 is 2.12 bits per heavy atom. The van der Waals surface area contributed by atoms with Crippen LogP contribution in [-0.4, -0.2) is 19.4 Å². The van der Waals surface area contributed by atoms with Crippen LogP contribution < -0.4 is 10.5 Å². The van der Waals surface area contributed by atoms with Crippen molar-refractivity contribution in [1.82, 2.24) is 0 Å². The Labute approximate surface area is 110 Å². The van der Waals surface area contributed by atoms with Gasteiger partial charge in [0.05, 0.1) is 11.6 Å². The summed E-state index contributed by atoms with van der Waals surface area (Å²) in [5, 5.41) is 0. The van der Waals surface area contributed by atoms with Crippen molar-refractivity contribution in [1.29, 1.82) is 0 Å². The number of halogens is 1. The van der Waals surface area contributed by atoms with Crippen LogP contribution in [-0.2, 0) is 0 Å². The van der Waals surface area contributed by atoms with Gasteiger partial charge in [0, 0.05) is 12.0 Å². The molecule has 2 N–H and O–H groups in total. The SMILES string of the molecule is COc1cc(C(C)C)cc(C(=O)CCN)c1Br. The zero-order chi connectivity index (χ0) is 13.0. The Balaban J connectivity index is 3.27. The van der Waals surface area contributed by atoms with Gasteiger partial charge in [-0.15, -0.1) is 0 Å². The van der Waals surface area contributed by atoms with E-state index >= 15 is 0 Å². The summed E-state index contributed by atoms with van der Waals surface area (Å²) in [5.41, 5.74) is 7.16. The molecule has 94 valence electrons. The maximum atomic E-state index is 11.9. The van der Waals surface area contributed by atoms with Gasteiger partial charge in [0.2, 0.25) is 0 Å². The minimum Gasteiger partial charge on any atom is -0.496 e. The number of hydrogen-bond acceptors (Lipinski definition) is 3. The van der Waals surface area contributed by atoms with Gasteiger partial charge in [-0.1, -0.05) is 13.8 Å². The molecule has 0 bridgehead atoms. The number of benzene rings is 1. The molecule has 4 heteroatoms. The monoisotopic (exact) mass is 299 g/mol. The van der Waals surface area contributed by atoms with E-state index in [2.05, 4.69) is 29.8 Å². The number of ketones is 1. The highest BCUT2D eigenvalue weighted by Crippen LogP contribution is 2.33. The largest absolute Gasteiger partial charge is 0.496 e. The van der Waals surface area contributed by atoms with Crippen LogP contribution in [0.4, 0.5) is 0 Å². The smallest absolute Gasteiger partial charge is 0.165 e. The molecule has 0 saturated carbocycles. The normalized spacial score (nSPS) is 10.7. The van der Waals surface area contributed by atoms with Gasteiger partial charge in [-0.2, -0.15) is 0 Å². The molecule has 17 heavy (non-hydrogen) atoms. The highest BCUT2D eigenvalue weighted by atomic mass is 79.9. The van der Waals surface area contributed by atoms with Gasteiger partial charge in [0.1, 0.15) is 5.75 Å². The van der Waals surface area contributed by atoms with E-state index in [9.17, 15) is 4.79 Å². The molecule has 0 aliphatic rings. The zero-order valence-corrected chi connectivity index (χ0v) is 12.0. The van der Waals surface area contributed by atoms with Crippen molar-refractivity contribution in [3.63, 3.8) is 0 Å². The molecule has 0 unspecified atom stereocenters. The fraction of sp³-hybridized carbons (Fsp3) is 0.462. The second kappa shape index (κ2) is 6.17. The molecular formula is C13H18BrNO2. The van der Waals surface area contributed by atoms with Gasteiger partial charge in [-0.3, -0.25) is 4.79 Å². The minimum absolute atomic E-state index is 0.0418. The molecule has 0 heterocycles. The Morgan fingerprint density at radius 1 is 1.47 bits per heavy atom. The number of carbonyl (C=O) groups is 1. The maximum Gasteiger partial charge on any atom is 0.165 e. The maximum absolute atomic E-state index is 11.9. The van der Waals surface area contributed by atoms with Gasteiger partial charge in [-0.25, -0.2) is 0 Å². The van der Waals surface area contributed by atoms with Crippen LogP contribution >= 0.6 is 15.9 Å². The van der Waals surface area contributed by atoms with Gasteiger partial charge in [-0.05, 0) is 46.1 Å². The summed E-state index contributed by atoms with van der Waals surface area (Å²) in [6.45, 7) is 4.53. The number of rotatable bonds is 5. The topological polar surface area (TPSA) is 52.3 Å². The van der Waals surface area contributed by atoms with Gasteiger partial charge >= 0.3 is 0 Å². The van der Waals surface area contributed by atoms with E-state index in [0.717, 1.165) is 5.56 Å². The first kappa shape index (κ1) is 14.2. The summed E-state index contributed by atoms with van der Waals surface area (Å²) in [5.74, 6) is 1.08. The van der Waals surface area contributed by atoms with Crippen LogP contribution in [0.2, 0.25) is 0 Å². The lowest BCUT2D eigenvalue weighted by atomic mass is 9.98. The molecule has 1 aromatic carbocycles. The lowest BCUT2D eigenvalue weighted by molar-refractivity contribution is 0.0984. The Morgan fingerprint density at radius 3 is 2.59 bits per heavy atom. The molecule has 0 radical (unpaired) electrons. The number of hydrogen-bond donors (Lipinski definition) is 1. The summed E-state index contributed by atoms with van der Waals surface area (Å²) in [6, 6.07) is 3.86. The van der Waals surface area contributed by atoms with E-state index in [1.165, 1.54) is 0 Å². The fourth-order valence-corrected chi connectivity index (χ4v) is 2.18. The molecule has 0 aromatic heterocycles. The van der Waals surface area contributed by atoms with Crippen molar-refractivity contribution >= 4 is 21.7 Å². The number of Topliss-reactive ketones (excluding diaryl/α,β-unsaturated/α-hetero) is 1. The number of methoxy groups -OCH3 is 1. The first-order valence-corrected chi connectivity index (χ1v) is 6.41. The van der Waals surface area contributed by atoms with Gasteiger partial charge < -0.3 is 10.5 Å². The third-order valence-corrected chi connectivity index (χ3v) is 3.44. The summed E-state index contributed by atoms with van der Waals surface area (Å²) in [6.07, 6.45) is 0.350. The quantitative estimate of drug-likeness (QED) is 0.850. The lowest BCUT2D eigenvalue weighted by Gasteiger charge is -2.13. The fourth-order valence-electron chi connectivity index (χ4n) is 1.57. The average Bonchev–Trinajstić information content (AvgIpc) is 2.29. The van der Waals surface area contributed by atoms with E-state index in [0.29, 0.717) is 34.7 Å². The summed E-state index contributed by atoms with van der Waals surface area (Å²) < 4.78 is 5.99. The molecule has 0 fully saturated rings. The predicted molar refractivity (Wildman–Crippen MR) is 72.8 cm³/mol. The van der Waals surface area contributed by atoms with E-state index in [-0.39, 0.29) is 5.78 Å². The molecular weight excluding hydrogens is 282 g/mol. The van der Waals surface area contributed by atoms with Gasteiger partial charge in [0.25, 0.3) is 0 Å². The summed E-state index contributed by atoms with van der Waals surface area (Å²) in [4.78, 5) is 11.9. The molecule has 0 saturated heterocycles. The Kier molecular flexibility index (Phi) is 5.15. The lowest BCUT2D eigenvalue weighted by Crippen LogP contribution is -2.10. The zero-order valence-electron chi connectivity index (χ0n) is 10.4. The molecule has 3 nitrogen and oxygen atoms in total. The predicted octanol–water partition coefficient (Wildman–Crippen LogP) is 3.11. The van der Waals surface area contributed by atoms with Crippen LogP contribution in [0.5, 0.6) is 5.75 Å². The van der Waals surface area contributed by atoms with E-state index in [1.807, 2.05) is 12.1 Å². The van der Waals surface area contributed by atoms with Crippen LogP contribution in [0.3, 0.4) is 0 Å². The molecule has 1 aromatic rings. The number of carbonyl (C=O) groups excluding carboxylic acids is 1. The second-order valence-corrected chi connectivity index (χ2v) is 4.99. The van der Waals surface area contributed by atoms with Crippen LogP contribution in [0.15, 0.2) is 16.6 Å². The van der Waals surface area contributed by atoms with E-state index in [4.69, 9.17) is 10.5 Å². The first-order chi connectivity index (χ1) is 8.01. The van der Waals surface area contributed by atoms with E-state index < -0.39 is 0 Å². The minimum atomic E-state index is 0.0418. The second-order valence-electron chi connectivity index (χ2n) is 4.20. The Bertz CT molecular complexity index is 416. The third kappa shape index (κ3) is 3.30. The third-order valence-electron chi connectivity index (χ3n) is 2.62. The Hall–Kier alpha value is -0.870. The van der Waals surface area contributed by atoms with Crippen molar-refractivity contribution in [3.05, 3.63) is 27.7 Å². The number of ether oxygens (including phenoxy) is 1. The van der Waals surface area contributed by atoms with Crippen molar-refractivity contribution in [2.75, 3.05) is 13.7 Å². The molecule has 1 rings (SSSR count).